The standard InChI is InChI=1S/C13H21N3O2/c1-3-10-7-11(16(4-2)15-10)13(18)14-8-12(17)9-5-6-9/h7,9,12,17H,3-6,8H2,1-2H3,(H,14,18). The van der Waals surface area contributed by atoms with Crippen LogP contribution in [0.15, 0.2) is 6.07 Å². The fourth-order valence-electron chi connectivity index (χ4n) is 2.00. The number of aromatic nitrogens is 2. The minimum Gasteiger partial charge on any atom is -0.391 e. The molecule has 100 valence electrons. The molecule has 1 aromatic rings. The van der Waals surface area contributed by atoms with Gasteiger partial charge in [-0.3, -0.25) is 9.48 Å². The first-order valence-electron chi connectivity index (χ1n) is 6.68. The molecule has 5 heteroatoms. The van der Waals surface area contributed by atoms with Crippen molar-refractivity contribution in [2.75, 3.05) is 6.54 Å². The molecule has 0 spiro atoms. The van der Waals surface area contributed by atoms with Gasteiger partial charge in [-0.15, -0.1) is 0 Å². The number of rotatable bonds is 6. The Morgan fingerprint density at radius 1 is 1.61 bits per heavy atom. The van der Waals surface area contributed by atoms with Crippen molar-refractivity contribution in [3.05, 3.63) is 17.5 Å². The Kier molecular flexibility index (Phi) is 4.01. The summed E-state index contributed by atoms with van der Waals surface area (Å²) in [4.78, 5) is 12.0. The molecule has 1 aliphatic rings. The summed E-state index contributed by atoms with van der Waals surface area (Å²) >= 11 is 0. The summed E-state index contributed by atoms with van der Waals surface area (Å²) in [5.74, 6) is 0.233. The maximum absolute atomic E-state index is 12.0. The Labute approximate surface area is 107 Å². The molecule has 1 aromatic heterocycles. The van der Waals surface area contributed by atoms with Gasteiger partial charge in [0.25, 0.3) is 5.91 Å². The van der Waals surface area contributed by atoms with Crippen LogP contribution in [0.4, 0.5) is 0 Å². The third kappa shape index (κ3) is 2.90. The minimum atomic E-state index is -0.405. The third-order valence-corrected chi connectivity index (χ3v) is 3.36. The highest BCUT2D eigenvalue weighted by atomic mass is 16.3. The van der Waals surface area contributed by atoms with Crippen LogP contribution in [-0.2, 0) is 13.0 Å². The lowest BCUT2D eigenvalue weighted by molar-refractivity contribution is 0.0891. The van der Waals surface area contributed by atoms with E-state index in [1.54, 1.807) is 4.68 Å². The van der Waals surface area contributed by atoms with E-state index in [2.05, 4.69) is 10.4 Å². The van der Waals surface area contributed by atoms with Gasteiger partial charge in [-0.2, -0.15) is 5.10 Å². The number of hydrogen-bond donors (Lipinski definition) is 2. The first-order valence-corrected chi connectivity index (χ1v) is 6.68. The van der Waals surface area contributed by atoms with E-state index >= 15 is 0 Å². The summed E-state index contributed by atoms with van der Waals surface area (Å²) in [6.07, 6.45) is 2.56. The number of aryl methyl sites for hydroxylation is 2. The molecule has 0 saturated heterocycles. The van der Waals surface area contributed by atoms with Gasteiger partial charge in [0.1, 0.15) is 5.69 Å². The van der Waals surface area contributed by atoms with Crippen molar-refractivity contribution in [2.45, 2.75) is 45.8 Å². The van der Waals surface area contributed by atoms with Gasteiger partial charge in [0.15, 0.2) is 0 Å². The fourth-order valence-corrected chi connectivity index (χ4v) is 2.00. The summed E-state index contributed by atoms with van der Waals surface area (Å²) < 4.78 is 1.71. The fraction of sp³-hybridized carbons (Fsp3) is 0.692. The van der Waals surface area contributed by atoms with Gasteiger partial charge in [-0.05, 0) is 38.2 Å². The number of aliphatic hydroxyl groups excluding tert-OH is 1. The zero-order valence-corrected chi connectivity index (χ0v) is 11.0. The maximum atomic E-state index is 12.0. The Morgan fingerprint density at radius 3 is 2.89 bits per heavy atom. The van der Waals surface area contributed by atoms with Gasteiger partial charge in [-0.25, -0.2) is 0 Å². The zero-order chi connectivity index (χ0) is 13.1. The predicted octanol–water partition coefficient (Wildman–Crippen LogP) is 0.966. The molecular formula is C13H21N3O2. The molecule has 1 amide bonds. The lowest BCUT2D eigenvalue weighted by Crippen LogP contribution is -2.34. The van der Waals surface area contributed by atoms with Crippen molar-refractivity contribution >= 4 is 5.91 Å². The summed E-state index contributed by atoms with van der Waals surface area (Å²) in [7, 11) is 0. The highest BCUT2D eigenvalue weighted by molar-refractivity contribution is 5.92. The Morgan fingerprint density at radius 2 is 2.33 bits per heavy atom. The Balaban J connectivity index is 1.96. The van der Waals surface area contributed by atoms with Crippen molar-refractivity contribution in [3.8, 4) is 0 Å². The van der Waals surface area contributed by atoms with Crippen molar-refractivity contribution < 1.29 is 9.90 Å². The van der Waals surface area contributed by atoms with E-state index in [0.717, 1.165) is 25.0 Å². The van der Waals surface area contributed by atoms with E-state index in [9.17, 15) is 9.90 Å². The van der Waals surface area contributed by atoms with Gasteiger partial charge < -0.3 is 10.4 Å². The highest BCUT2D eigenvalue weighted by Crippen LogP contribution is 2.32. The normalized spacial score (nSPS) is 16.6. The van der Waals surface area contributed by atoms with Crippen molar-refractivity contribution in [2.24, 2.45) is 5.92 Å². The molecule has 0 bridgehead atoms. The van der Waals surface area contributed by atoms with Crippen LogP contribution in [0.25, 0.3) is 0 Å². The van der Waals surface area contributed by atoms with Crippen LogP contribution in [0, 0.1) is 5.92 Å². The second-order valence-corrected chi connectivity index (χ2v) is 4.81. The average molecular weight is 251 g/mol. The smallest absolute Gasteiger partial charge is 0.269 e. The first kappa shape index (κ1) is 13.1. The molecule has 18 heavy (non-hydrogen) atoms. The lowest BCUT2D eigenvalue weighted by atomic mass is 10.2. The molecule has 0 aliphatic heterocycles. The van der Waals surface area contributed by atoms with Crippen molar-refractivity contribution in [3.63, 3.8) is 0 Å². The summed E-state index contributed by atoms with van der Waals surface area (Å²) in [6.45, 7) is 4.98. The summed E-state index contributed by atoms with van der Waals surface area (Å²) in [5, 5.41) is 16.8. The topological polar surface area (TPSA) is 67.2 Å². The molecule has 0 aromatic carbocycles. The second-order valence-electron chi connectivity index (χ2n) is 4.81. The van der Waals surface area contributed by atoms with E-state index in [-0.39, 0.29) is 5.91 Å². The molecule has 2 rings (SSSR count). The van der Waals surface area contributed by atoms with Gasteiger partial charge in [0.05, 0.1) is 11.8 Å². The number of nitrogens with zero attached hydrogens (tertiary/aromatic N) is 2. The van der Waals surface area contributed by atoms with Crippen LogP contribution in [0.1, 0.15) is 42.9 Å². The summed E-state index contributed by atoms with van der Waals surface area (Å²) in [5.41, 5.74) is 1.50. The first-order chi connectivity index (χ1) is 8.65. The lowest BCUT2D eigenvalue weighted by Gasteiger charge is -2.11. The minimum absolute atomic E-state index is 0.149. The number of carbonyl (C=O) groups excluding carboxylic acids is 1. The molecule has 1 saturated carbocycles. The van der Waals surface area contributed by atoms with Crippen LogP contribution in [0.2, 0.25) is 0 Å². The van der Waals surface area contributed by atoms with Crippen LogP contribution in [-0.4, -0.2) is 33.4 Å². The Bertz CT molecular complexity index is 424. The predicted molar refractivity (Wildman–Crippen MR) is 68.3 cm³/mol. The number of aliphatic hydroxyl groups is 1. The van der Waals surface area contributed by atoms with Crippen LogP contribution < -0.4 is 5.32 Å². The maximum Gasteiger partial charge on any atom is 0.269 e. The van der Waals surface area contributed by atoms with Gasteiger partial charge in [-0.1, -0.05) is 6.92 Å². The van der Waals surface area contributed by atoms with Crippen LogP contribution in [0.5, 0.6) is 0 Å². The monoisotopic (exact) mass is 251 g/mol. The third-order valence-electron chi connectivity index (χ3n) is 3.36. The molecule has 1 unspecified atom stereocenters. The molecule has 1 heterocycles. The molecule has 1 atom stereocenters. The molecule has 5 nitrogen and oxygen atoms in total. The van der Waals surface area contributed by atoms with Gasteiger partial charge in [0, 0.05) is 13.1 Å². The quantitative estimate of drug-likeness (QED) is 0.791. The number of carbonyl (C=O) groups is 1. The highest BCUT2D eigenvalue weighted by Gasteiger charge is 2.30. The number of hydrogen-bond acceptors (Lipinski definition) is 3. The van der Waals surface area contributed by atoms with E-state index in [1.165, 1.54) is 0 Å². The van der Waals surface area contributed by atoms with Crippen molar-refractivity contribution in [1.29, 1.82) is 0 Å². The molecule has 1 aliphatic carbocycles. The number of amides is 1. The van der Waals surface area contributed by atoms with Gasteiger partial charge >= 0.3 is 0 Å². The summed E-state index contributed by atoms with van der Waals surface area (Å²) in [6, 6.07) is 1.82. The van der Waals surface area contributed by atoms with Gasteiger partial charge in [0.2, 0.25) is 0 Å². The number of nitrogens with one attached hydrogen (secondary N) is 1. The van der Waals surface area contributed by atoms with Crippen LogP contribution >= 0.6 is 0 Å². The molecule has 2 N–H and O–H groups in total. The SMILES string of the molecule is CCc1cc(C(=O)NCC(O)C2CC2)n(CC)n1. The molecule has 1 fully saturated rings. The largest absolute Gasteiger partial charge is 0.391 e. The second kappa shape index (κ2) is 5.52. The zero-order valence-electron chi connectivity index (χ0n) is 11.0. The van der Waals surface area contributed by atoms with Crippen LogP contribution in [0.3, 0.4) is 0 Å². The van der Waals surface area contributed by atoms with E-state index < -0.39 is 6.10 Å². The average Bonchev–Trinajstić information content (AvgIpc) is 3.14. The van der Waals surface area contributed by atoms with E-state index in [0.29, 0.717) is 24.7 Å². The Hall–Kier alpha value is -1.36. The van der Waals surface area contributed by atoms with E-state index in [4.69, 9.17) is 0 Å². The molecule has 0 radical (unpaired) electrons. The molecular weight excluding hydrogens is 230 g/mol. The van der Waals surface area contributed by atoms with E-state index in [1.807, 2.05) is 19.9 Å². The van der Waals surface area contributed by atoms with Crippen molar-refractivity contribution in [1.82, 2.24) is 15.1 Å².